The van der Waals surface area contributed by atoms with Crippen LogP contribution in [0.2, 0.25) is 0 Å². The van der Waals surface area contributed by atoms with E-state index in [1.54, 1.807) is 0 Å². The lowest BCUT2D eigenvalue weighted by molar-refractivity contribution is -0.126. The number of hydrazone groups is 2. The highest BCUT2D eigenvalue weighted by Crippen LogP contribution is 1.93. The lowest BCUT2D eigenvalue weighted by Crippen LogP contribution is -2.24. The molecule has 0 aromatic heterocycles. The summed E-state index contributed by atoms with van der Waals surface area (Å²) in [4.78, 5) is 22.9. The monoisotopic (exact) mass is 282 g/mol. The van der Waals surface area contributed by atoms with Gasteiger partial charge in [0.1, 0.15) is 0 Å². The quantitative estimate of drug-likeness (QED) is 0.502. The third kappa shape index (κ3) is 10.2. The van der Waals surface area contributed by atoms with E-state index in [-0.39, 0.29) is 24.7 Å². The molecule has 6 nitrogen and oxygen atoms in total. The Morgan fingerprint density at radius 2 is 1.10 bits per heavy atom. The van der Waals surface area contributed by atoms with E-state index in [0.29, 0.717) is 0 Å². The van der Waals surface area contributed by atoms with E-state index in [1.807, 2.05) is 27.7 Å². The largest absolute Gasteiger partial charge is 0.273 e. The molecule has 20 heavy (non-hydrogen) atoms. The number of rotatable bonds is 9. The molecule has 6 heteroatoms. The molecule has 0 atom stereocenters. The van der Waals surface area contributed by atoms with Crippen molar-refractivity contribution in [2.75, 3.05) is 0 Å². The van der Waals surface area contributed by atoms with E-state index in [1.165, 1.54) is 0 Å². The Balaban J connectivity index is 3.92. The lowest BCUT2D eigenvalue weighted by Gasteiger charge is -2.02. The molecule has 0 radical (unpaired) electrons. The van der Waals surface area contributed by atoms with E-state index < -0.39 is 0 Å². The zero-order valence-electron chi connectivity index (χ0n) is 13.0. The van der Waals surface area contributed by atoms with Crippen molar-refractivity contribution in [1.29, 1.82) is 0 Å². The van der Waals surface area contributed by atoms with Crippen LogP contribution in [0, 0.1) is 0 Å². The average molecular weight is 282 g/mol. The molecule has 0 aromatic rings. The molecule has 0 aliphatic carbocycles. The summed E-state index contributed by atoms with van der Waals surface area (Å²) >= 11 is 0. The van der Waals surface area contributed by atoms with Gasteiger partial charge in [0.05, 0.1) is 0 Å². The molecule has 0 bridgehead atoms. The summed E-state index contributed by atoms with van der Waals surface area (Å²) in [5.41, 5.74) is 6.64. The van der Waals surface area contributed by atoms with E-state index in [4.69, 9.17) is 0 Å². The summed E-state index contributed by atoms with van der Waals surface area (Å²) < 4.78 is 0. The van der Waals surface area contributed by atoms with Crippen LogP contribution in [-0.4, -0.2) is 23.2 Å². The fourth-order valence-corrected chi connectivity index (χ4v) is 1.49. The summed E-state index contributed by atoms with van der Waals surface area (Å²) in [7, 11) is 0. The van der Waals surface area contributed by atoms with Gasteiger partial charge in [-0.25, -0.2) is 10.9 Å². The summed E-state index contributed by atoms with van der Waals surface area (Å²) in [5, 5.41) is 7.90. The van der Waals surface area contributed by atoms with Crippen molar-refractivity contribution in [1.82, 2.24) is 10.9 Å². The number of hydrogen-bond donors (Lipinski definition) is 2. The van der Waals surface area contributed by atoms with Gasteiger partial charge in [0.25, 0.3) is 0 Å². The fraction of sp³-hybridized carbons (Fsp3) is 0.714. The van der Waals surface area contributed by atoms with Gasteiger partial charge in [0.15, 0.2) is 0 Å². The molecule has 0 saturated carbocycles. The lowest BCUT2D eigenvalue weighted by atomic mass is 10.2. The first kappa shape index (κ1) is 18.3. The van der Waals surface area contributed by atoms with Crippen LogP contribution in [0.25, 0.3) is 0 Å². The predicted octanol–water partition coefficient (Wildman–Crippen LogP) is 2.35. The second-order valence-electron chi connectivity index (χ2n) is 4.76. The molecule has 0 spiro atoms. The Morgan fingerprint density at radius 3 is 1.40 bits per heavy atom. The van der Waals surface area contributed by atoms with E-state index in [9.17, 15) is 9.59 Å². The van der Waals surface area contributed by atoms with Crippen LogP contribution >= 0.6 is 0 Å². The highest BCUT2D eigenvalue weighted by molar-refractivity contribution is 5.87. The minimum absolute atomic E-state index is 0.108. The molecule has 0 unspecified atom stereocenters. The second kappa shape index (κ2) is 11.1. The van der Waals surface area contributed by atoms with Gasteiger partial charge in [-0.05, 0) is 26.7 Å². The van der Waals surface area contributed by atoms with Crippen LogP contribution in [0.1, 0.15) is 66.2 Å². The maximum atomic E-state index is 11.5. The summed E-state index contributed by atoms with van der Waals surface area (Å²) in [6.07, 6.45) is 3.90. The predicted molar refractivity (Wildman–Crippen MR) is 81.6 cm³/mol. The average Bonchev–Trinajstić information content (AvgIpc) is 2.41. The van der Waals surface area contributed by atoms with Gasteiger partial charge < -0.3 is 0 Å². The molecule has 0 aliphatic heterocycles. The van der Waals surface area contributed by atoms with Crippen molar-refractivity contribution in [2.24, 2.45) is 10.2 Å². The van der Waals surface area contributed by atoms with Gasteiger partial charge in [0, 0.05) is 24.3 Å². The molecule has 0 rings (SSSR count). The van der Waals surface area contributed by atoms with E-state index in [2.05, 4.69) is 21.1 Å². The SMILES string of the molecule is CCCC(C)=NNC(=O)CCC(=O)NN=C(C)CCC. The summed E-state index contributed by atoms with van der Waals surface area (Å²) in [6, 6.07) is 0. The smallest absolute Gasteiger partial charge is 0.240 e. The van der Waals surface area contributed by atoms with Crippen molar-refractivity contribution in [3.63, 3.8) is 0 Å². The first-order chi connectivity index (χ1) is 9.49. The van der Waals surface area contributed by atoms with Gasteiger partial charge in [-0.2, -0.15) is 10.2 Å². The Labute approximate surface area is 121 Å². The van der Waals surface area contributed by atoms with Gasteiger partial charge in [-0.1, -0.05) is 26.7 Å². The second-order valence-corrected chi connectivity index (χ2v) is 4.76. The maximum absolute atomic E-state index is 11.5. The van der Waals surface area contributed by atoms with Gasteiger partial charge >= 0.3 is 0 Å². The molecular weight excluding hydrogens is 256 g/mol. The molecule has 2 N–H and O–H groups in total. The van der Waals surface area contributed by atoms with Crippen LogP contribution in [-0.2, 0) is 9.59 Å². The number of carbonyl (C=O) groups excluding carboxylic acids is 2. The number of nitrogens with zero attached hydrogens (tertiary/aromatic N) is 2. The Kier molecular flexibility index (Phi) is 10.2. The van der Waals surface area contributed by atoms with Crippen molar-refractivity contribution < 1.29 is 9.59 Å². The highest BCUT2D eigenvalue weighted by atomic mass is 16.2. The summed E-state index contributed by atoms with van der Waals surface area (Å²) in [6.45, 7) is 7.82. The third-order valence-electron chi connectivity index (χ3n) is 2.55. The van der Waals surface area contributed by atoms with Crippen LogP contribution in [0.3, 0.4) is 0 Å². The van der Waals surface area contributed by atoms with Crippen LogP contribution in [0.15, 0.2) is 10.2 Å². The Hall–Kier alpha value is -1.72. The van der Waals surface area contributed by atoms with Crippen molar-refractivity contribution in [3.05, 3.63) is 0 Å². The molecular formula is C14H26N4O2. The minimum atomic E-state index is -0.259. The van der Waals surface area contributed by atoms with Gasteiger partial charge in [-0.15, -0.1) is 0 Å². The topological polar surface area (TPSA) is 82.9 Å². The Morgan fingerprint density at radius 1 is 0.750 bits per heavy atom. The standard InChI is InChI=1S/C14H26N4O2/c1-5-7-11(3)15-17-13(19)9-10-14(20)18-16-12(4)8-6-2/h5-10H2,1-4H3,(H,17,19)(H,18,20). The fourth-order valence-electron chi connectivity index (χ4n) is 1.49. The third-order valence-corrected chi connectivity index (χ3v) is 2.55. The zero-order chi connectivity index (χ0) is 15.4. The minimum Gasteiger partial charge on any atom is -0.273 e. The van der Waals surface area contributed by atoms with Gasteiger partial charge in [0.2, 0.25) is 11.8 Å². The molecule has 114 valence electrons. The van der Waals surface area contributed by atoms with E-state index >= 15 is 0 Å². The maximum Gasteiger partial charge on any atom is 0.240 e. The number of nitrogens with one attached hydrogen (secondary N) is 2. The molecule has 0 saturated heterocycles. The molecule has 2 amide bonds. The van der Waals surface area contributed by atoms with Crippen molar-refractivity contribution >= 4 is 23.2 Å². The highest BCUT2D eigenvalue weighted by Gasteiger charge is 2.05. The van der Waals surface area contributed by atoms with Crippen LogP contribution < -0.4 is 10.9 Å². The number of amides is 2. The molecule has 0 aromatic carbocycles. The van der Waals surface area contributed by atoms with Crippen molar-refractivity contribution in [2.45, 2.75) is 66.2 Å². The zero-order valence-corrected chi connectivity index (χ0v) is 13.0. The van der Waals surface area contributed by atoms with Gasteiger partial charge in [-0.3, -0.25) is 9.59 Å². The number of hydrogen-bond acceptors (Lipinski definition) is 4. The number of carbonyl (C=O) groups is 2. The molecule has 0 heterocycles. The summed E-state index contributed by atoms with van der Waals surface area (Å²) in [5.74, 6) is -0.519. The van der Waals surface area contributed by atoms with E-state index in [0.717, 1.165) is 37.1 Å². The first-order valence-electron chi connectivity index (χ1n) is 7.13. The normalized spacial score (nSPS) is 12.2. The molecule has 0 aliphatic rings. The first-order valence-corrected chi connectivity index (χ1v) is 7.13. The van der Waals surface area contributed by atoms with Crippen LogP contribution in [0.4, 0.5) is 0 Å². The Bertz CT molecular complexity index is 339. The molecule has 0 fully saturated rings. The van der Waals surface area contributed by atoms with Crippen molar-refractivity contribution in [3.8, 4) is 0 Å². The van der Waals surface area contributed by atoms with Crippen LogP contribution in [0.5, 0.6) is 0 Å².